The molecule has 1 heterocycles. The third kappa shape index (κ3) is 11.5. The number of aliphatic carboxylic acids is 2. The van der Waals surface area contributed by atoms with Crippen molar-refractivity contribution in [2.45, 2.75) is 56.3 Å². The van der Waals surface area contributed by atoms with Crippen LogP contribution in [-0.2, 0) is 36.8 Å². The number of aromatic nitrogens is 2. The van der Waals surface area contributed by atoms with E-state index in [9.17, 15) is 39.3 Å². The number of rotatable bonds is 17. The summed E-state index contributed by atoms with van der Waals surface area (Å²) in [5.74, 6) is -5.62. The molecule has 0 saturated heterocycles. The van der Waals surface area contributed by atoms with Gasteiger partial charge in [-0.2, -0.15) is 0 Å². The Bertz CT molecular complexity index is 1250. The highest BCUT2D eigenvalue weighted by Gasteiger charge is 2.32. The molecule has 13 N–H and O–H groups in total. The largest absolute Gasteiger partial charge is 0.508 e. The lowest BCUT2D eigenvalue weighted by molar-refractivity contribution is -0.143. The van der Waals surface area contributed by atoms with Gasteiger partial charge in [0.05, 0.1) is 18.8 Å². The molecule has 0 saturated carbocycles. The molecule has 0 bridgehead atoms. The zero-order valence-corrected chi connectivity index (χ0v) is 22.5. The highest BCUT2D eigenvalue weighted by molar-refractivity contribution is 5.95. The normalized spacial score (nSPS) is 13.5. The van der Waals surface area contributed by atoms with Gasteiger partial charge in [0.1, 0.15) is 23.9 Å². The van der Waals surface area contributed by atoms with Gasteiger partial charge in [-0.05, 0) is 30.5 Å². The van der Waals surface area contributed by atoms with E-state index in [0.29, 0.717) is 17.7 Å². The molecule has 17 nitrogen and oxygen atoms in total. The van der Waals surface area contributed by atoms with Crippen molar-refractivity contribution >= 4 is 35.6 Å². The molecule has 2 rings (SSSR count). The van der Waals surface area contributed by atoms with Crippen LogP contribution in [0.15, 0.2) is 41.8 Å². The first-order chi connectivity index (χ1) is 19.8. The number of phenolic OH excluding ortho intramolecular Hbond substituents is 1. The fourth-order valence-corrected chi connectivity index (χ4v) is 3.75. The standard InChI is InChI=1S/C25H35N9O8/c26-16(2-1-7-30-25(27)28)21(38)32-18(10-20(36)37)23(40)33-17(9-14-11-29-12-31-14)22(39)34-19(24(41)42)8-13-3-5-15(35)6-4-13/h3-6,11-12,16-19,35H,1-2,7-10,26H2,(H,29,31)(H,32,38)(H,33,40)(H,34,39)(H,36,37)(H,41,42)(H4,27,28,30). The van der Waals surface area contributed by atoms with Crippen molar-refractivity contribution in [1.29, 1.82) is 0 Å². The van der Waals surface area contributed by atoms with E-state index < -0.39 is 60.2 Å². The summed E-state index contributed by atoms with van der Waals surface area (Å²) in [6, 6.07) is 0.203. The van der Waals surface area contributed by atoms with Gasteiger partial charge < -0.3 is 53.5 Å². The maximum atomic E-state index is 13.2. The second kappa shape index (κ2) is 16.2. The number of carboxylic acids is 2. The Morgan fingerprint density at radius 2 is 1.52 bits per heavy atom. The minimum Gasteiger partial charge on any atom is -0.508 e. The predicted octanol–water partition coefficient (Wildman–Crippen LogP) is -2.70. The lowest BCUT2D eigenvalue weighted by atomic mass is 10.0. The Hall–Kier alpha value is -5.19. The highest BCUT2D eigenvalue weighted by Crippen LogP contribution is 2.12. The van der Waals surface area contributed by atoms with Gasteiger partial charge in [0.15, 0.2) is 5.96 Å². The summed E-state index contributed by atoms with van der Waals surface area (Å²) in [4.78, 5) is 72.7. The molecule has 0 aliphatic heterocycles. The Morgan fingerprint density at radius 3 is 2.10 bits per heavy atom. The Balaban J connectivity index is 2.16. The molecular formula is C25H35N9O8. The van der Waals surface area contributed by atoms with Gasteiger partial charge in [0.25, 0.3) is 0 Å². The van der Waals surface area contributed by atoms with Crippen molar-refractivity contribution in [3.63, 3.8) is 0 Å². The van der Waals surface area contributed by atoms with E-state index in [1.165, 1.54) is 36.8 Å². The molecule has 2 aromatic rings. The Kier molecular flexibility index (Phi) is 12.7. The third-order valence-electron chi connectivity index (χ3n) is 5.92. The molecule has 228 valence electrons. The highest BCUT2D eigenvalue weighted by atomic mass is 16.4. The van der Waals surface area contributed by atoms with Crippen LogP contribution in [0.4, 0.5) is 0 Å². The van der Waals surface area contributed by atoms with Crippen LogP contribution in [0.2, 0.25) is 0 Å². The lowest BCUT2D eigenvalue weighted by Gasteiger charge is -2.24. The molecule has 0 aliphatic rings. The number of imidazole rings is 1. The number of nitrogens with two attached hydrogens (primary N) is 3. The smallest absolute Gasteiger partial charge is 0.326 e. The van der Waals surface area contributed by atoms with Crippen LogP contribution in [0.1, 0.15) is 30.5 Å². The van der Waals surface area contributed by atoms with E-state index in [0.717, 1.165) is 0 Å². The van der Waals surface area contributed by atoms with Crippen molar-refractivity contribution in [2.24, 2.45) is 22.2 Å². The number of H-pyrrole nitrogens is 1. The second-order valence-electron chi connectivity index (χ2n) is 9.33. The number of nitrogens with zero attached hydrogens (tertiary/aromatic N) is 2. The summed E-state index contributed by atoms with van der Waals surface area (Å²) in [5.41, 5.74) is 17.3. The van der Waals surface area contributed by atoms with Crippen LogP contribution >= 0.6 is 0 Å². The van der Waals surface area contributed by atoms with Crippen LogP contribution in [0.5, 0.6) is 5.75 Å². The summed E-state index contributed by atoms with van der Waals surface area (Å²) >= 11 is 0. The number of carbonyl (C=O) groups is 5. The van der Waals surface area contributed by atoms with Crippen LogP contribution in [0, 0.1) is 0 Å². The Morgan fingerprint density at radius 1 is 0.905 bits per heavy atom. The lowest BCUT2D eigenvalue weighted by Crippen LogP contribution is -2.58. The van der Waals surface area contributed by atoms with Gasteiger partial charge in [0, 0.05) is 31.3 Å². The van der Waals surface area contributed by atoms with Crippen molar-refractivity contribution in [3.8, 4) is 5.75 Å². The number of carbonyl (C=O) groups excluding carboxylic acids is 3. The van der Waals surface area contributed by atoms with Crippen LogP contribution in [-0.4, -0.2) is 91.6 Å². The van der Waals surface area contributed by atoms with Gasteiger partial charge in [-0.25, -0.2) is 9.78 Å². The van der Waals surface area contributed by atoms with Crippen molar-refractivity contribution < 1.29 is 39.3 Å². The summed E-state index contributed by atoms with van der Waals surface area (Å²) in [7, 11) is 0. The second-order valence-corrected chi connectivity index (χ2v) is 9.33. The summed E-state index contributed by atoms with van der Waals surface area (Å²) in [5, 5.41) is 35.5. The number of carboxylic acid groups (broad SMARTS) is 2. The van der Waals surface area contributed by atoms with E-state index >= 15 is 0 Å². The van der Waals surface area contributed by atoms with Crippen LogP contribution in [0.3, 0.4) is 0 Å². The molecule has 17 heteroatoms. The van der Waals surface area contributed by atoms with Gasteiger partial charge in [-0.3, -0.25) is 24.2 Å². The van der Waals surface area contributed by atoms with Gasteiger partial charge in [-0.1, -0.05) is 12.1 Å². The van der Waals surface area contributed by atoms with E-state index in [1.54, 1.807) is 0 Å². The quantitative estimate of drug-likeness (QED) is 0.0512. The number of amides is 3. The average molecular weight is 590 g/mol. The number of benzene rings is 1. The van der Waals surface area contributed by atoms with Crippen LogP contribution < -0.4 is 33.2 Å². The molecule has 3 amide bonds. The van der Waals surface area contributed by atoms with Gasteiger partial charge >= 0.3 is 11.9 Å². The average Bonchev–Trinajstić information content (AvgIpc) is 3.43. The number of aromatic hydroxyl groups is 1. The number of guanidine groups is 1. The number of nitrogens with one attached hydrogen (secondary N) is 4. The molecule has 4 atom stereocenters. The fourth-order valence-electron chi connectivity index (χ4n) is 3.75. The molecule has 4 unspecified atom stereocenters. The number of hydrogen-bond acceptors (Lipinski definition) is 9. The first-order valence-electron chi connectivity index (χ1n) is 12.8. The van der Waals surface area contributed by atoms with Gasteiger partial charge in [-0.15, -0.1) is 0 Å². The van der Waals surface area contributed by atoms with Crippen molar-refractivity contribution in [2.75, 3.05) is 6.54 Å². The third-order valence-corrected chi connectivity index (χ3v) is 5.92. The van der Waals surface area contributed by atoms with E-state index in [2.05, 4.69) is 30.9 Å². The van der Waals surface area contributed by atoms with E-state index in [4.69, 9.17) is 17.2 Å². The Labute approximate surface area is 240 Å². The number of aromatic amines is 1. The minimum absolute atomic E-state index is 0.0214. The molecule has 0 spiro atoms. The van der Waals surface area contributed by atoms with Crippen molar-refractivity contribution in [1.82, 2.24) is 25.9 Å². The summed E-state index contributed by atoms with van der Waals surface area (Å²) < 4.78 is 0. The molecular weight excluding hydrogens is 554 g/mol. The molecule has 0 aliphatic carbocycles. The SMILES string of the molecule is NC(N)=NCCCC(N)C(=O)NC(CC(=O)O)C(=O)NC(Cc1cnc[nH]1)C(=O)NC(Cc1ccc(O)cc1)C(=O)O. The fraction of sp³-hybridized carbons (Fsp3) is 0.400. The first-order valence-corrected chi connectivity index (χ1v) is 12.8. The molecule has 1 aromatic heterocycles. The molecule has 0 fully saturated rings. The molecule has 0 radical (unpaired) electrons. The molecule has 42 heavy (non-hydrogen) atoms. The number of aliphatic imine (C=N–C) groups is 1. The van der Waals surface area contributed by atoms with Crippen molar-refractivity contribution in [3.05, 3.63) is 48.0 Å². The van der Waals surface area contributed by atoms with Gasteiger partial charge in [0.2, 0.25) is 17.7 Å². The maximum absolute atomic E-state index is 13.2. The zero-order chi connectivity index (χ0) is 31.2. The van der Waals surface area contributed by atoms with E-state index in [-0.39, 0.29) is 37.5 Å². The topological polar surface area (TPSA) is 301 Å². The zero-order valence-electron chi connectivity index (χ0n) is 22.5. The summed E-state index contributed by atoms with van der Waals surface area (Å²) in [6.45, 7) is 0.205. The molecule has 1 aromatic carbocycles. The number of hydrogen-bond donors (Lipinski definition) is 10. The minimum atomic E-state index is -1.61. The monoisotopic (exact) mass is 589 g/mol. The summed E-state index contributed by atoms with van der Waals surface area (Å²) in [6.07, 6.45) is 2.06. The van der Waals surface area contributed by atoms with Crippen LogP contribution in [0.25, 0.3) is 0 Å². The van der Waals surface area contributed by atoms with E-state index in [1.807, 2.05) is 0 Å². The number of phenols is 1. The maximum Gasteiger partial charge on any atom is 0.326 e. The predicted molar refractivity (Wildman–Crippen MR) is 148 cm³/mol. The first kappa shape index (κ1) is 33.0.